The van der Waals surface area contributed by atoms with Crippen LogP contribution in [0.2, 0.25) is 0 Å². The zero-order chi connectivity index (χ0) is 17.9. The SMILES string of the molecule is CCOC(=O)Cc1csc(Br)n1.CCOC(=O)Cc1csc(N)n1. The summed E-state index contributed by atoms with van der Waals surface area (Å²) in [5.74, 6) is -0.488. The van der Waals surface area contributed by atoms with Crippen molar-refractivity contribution in [2.24, 2.45) is 0 Å². The van der Waals surface area contributed by atoms with E-state index in [0.717, 1.165) is 9.61 Å². The van der Waals surface area contributed by atoms with Crippen LogP contribution in [0.1, 0.15) is 25.2 Å². The summed E-state index contributed by atoms with van der Waals surface area (Å²) < 4.78 is 10.3. The summed E-state index contributed by atoms with van der Waals surface area (Å²) in [6, 6.07) is 0. The molecule has 0 atom stereocenters. The average Bonchev–Trinajstić information content (AvgIpc) is 3.09. The van der Waals surface area contributed by atoms with E-state index in [1.54, 1.807) is 19.2 Å². The second-order valence-corrected chi connectivity index (χ2v) is 7.26. The highest BCUT2D eigenvalue weighted by Gasteiger charge is 2.07. The second kappa shape index (κ2) is 11.1. The molecule has 7 nitrogen and oxygen atoms in total. The maximum atomic E-state index is 10.9. The molecule has 132 valence electrons. The van der Waals surface area contributed by atoms with Crippen LogP contribution in [0.15, 0.2) is 14.7 Å². The summed E-state index contributed by atoms with van der Waals surface area (Å²) in [5.41, 5.74) is 6.82. The van der Waals surface area contributed by atoms with Gasteiger partial charge >= 0.3 is 11.9 Å². The van der Waals surface area contributed by atoms with Gasteiger partial charge < -0.3 is 15.2 Å². The molecule has 24 heavy (non-hydrogen) atoms. The van der Waals surface area contributed by atoms with Crippen LogP contribution < -0.4 is 5.73 Å². The smallest absolute Gasteiger partial charge is 0.311 e. The molecule has 0 unspecified atom stereocenters. The van der Waals surface area contributed by atoms with Crippen molar-refractivity contribution in [2.75, 3.05) is 18.9 Å². The monoisotopic (exact) mass is 435 g/mol. The lowest BCUT2D eigenvalue weighted by Crippen LogP contribution is -2.07. The Bertz CT molecular complexity index is 604. The fourth-order valence-corrected chi connectivity index (χ4v) is 3.10. The molecule has 0 bridgehead atoms. The van der Waals surface area contributed by atoms with Gasteiger partial charge in [-0.15, -0.1) is 22.7 Å². The minimum Gasteiger partial charge on any atom is -0.466 e. The van der Waals surface area contributed by atoms with Crippen molar-refractivity contribution in [3.05, 3.63) is 26.1 Å². The Hall–Kier alpha value is -1.52. The normalized spacial score (nSPS) is 9.79. The van der Waals surface area contributed by atoms with Crippen LogP contribution >= 0.6 is 38.6 Å². The van der Waals surface area contributed by atoms with E-state index in [1.165, 1.54) is 22.7 Å². The lowest BCUT2D eigenvalue weighted by atomic mass is 10.3. The molecular weight excluding hydrogens is 418 g/mol. The molecule has 0 spiro atoms. The molecule has 0 aliphatic heterocycles. The van der Waals surface area contributed by atoms with Gasteiger partial charge in [-0.3, -0.25) is 9.59 Å². The Labute approximate surface area is 156 Å². The number of hydrogen-bond acceptors (Lipinski definition) is 9. The topological polar surface area (TPSA) is 104 Å². The van der Waals surface area contributed by atoms with Gasteiger partial charge in [0.1, 0.15) is 0 Å². The molecule has 0 radical (unpaired) electrons. The summed E-state index contributed by atoms with van der Waals surface area (Å²) in [7, 11) is 0. The molecule has 0 aromatic carbocycles. The maximum Gasteiger partial charge on any atom is 0.311 e. The standard InChI is InChI=1S/C7H8BrNO2S.C7H10N2O2S/c2*1-2-11-6(10)3-5-4-12-7(8)9-5/h4H,2-3H2,1H3;4H,2-3H2,1H3,(H2,8,9). The van der Waals surface area contributed by atoms with Crippen molar-refractivity contribution in [1.29, 1.82) is 0 Å². The molecule has 0 saturated heterocycles. The number of halogens is 1. The van der Waals surface area contributed by atoms with Gasteiger partial charge in [0, 0.05) is 10.8 Å². The number of carbonyl (C=O) groups excluding carboxylic acids is 2. The molecule has 0 fully saturated rings. The lowest BCUT2D eigenvalue weighted by molar-refractivity contribution is -0.143. The van der Waals surface area contributed by atoms with Gasteiger partial charge in [0.2, 0.25) is 0 Å². The first-order valence-corrected chi connectivity index (χ1v) is 9.60. The van der Waals surface area contributed by atoms with Crippen LogP contribution in [0.3, 0.4) is 0 Å². The van der Waals surface area contributed by atoms with Crippen molar-refractivity contribution in [3.8, 4) is 0 Å². The zero-order valence-corrected chi connectivity index (χ0v) is 16.5. The second-order valence-electron chi connectivity index (χ2n) is 4.23. The number of thiazole rings is 2. The molecule has 0 amide bonds. The molecular formula is C14H18BrN3O4S2. The summed E-state index contributed by atoms with van der Waals surface area (Å²) in [4.78, 5) is 29.9. The molecule has 0 aliphatic carbocycles. The third kappa shape index (κ3) is 8.37. The van der Waals surface area contributed by atoms with Gasteiger partial charge in [-0.05, 0) is 29.8 Å². The molecule has 0 saturated carbocycles. The van der Waals surface area contributed by atoms with Crippen LogP contribution in [-0.4, -0.2) is 35.1 Å². The van der Waals surface area contributed by atoms with Gasteiger partial charge in [-0.1, -0.05) is 0 Å². The third-order valence-corrected chi connectivity index (χ3v) is 4.49. The van der Waals surface area contributed by atoms with Gasteiger partial charge in [0.15, 0.2) is 9.05 Å². The Kier molecular flexibility index (Phi) is 9.50. The number of nitrogen functional groups attached to an aromatic ring is 1. The number of aromatic nitrogens is 2. The van der Waals surface area contributed by atoms with Gasteiger partial charge in [-0.2, -0.15) is 0 Å². The maximum absolute atomic E-state index is 10.9. The number of hydrogen-bond donors (Lipinski definition) is 1. The average molecular weight is 436 g/mol. The van der Waals surface area contributed by atoms with E-state index >= 15 is 0 Å². The number of rotatable bonds is 6. The van der Waals surface area contributed by atoms with Gasteiger partial charge in [0.05, 0.1) is 37.4 Å². The predicted octanol–water partition coefficient (Wildman–Crippen LogP) is 2.84. The Morgan fingerprint density at radius 3 is 1.92 bits per heavy atom. The minimum atomic E-state index is -0.261. The highest BCUT2D eigenvalue weighted by molar-refractivity contribution is 9.11. The fourth-order valence-electron chi connectivity index (χ4n) is 1.49. The van der Waals surface area contributed by atoms with Crippen molar-refractivity contribution in [3.63, 3.8) is 0 Å². The molecule has 10 heteroatoms. The molecule has 2 aromatic heterocycles. The molecule has 2 heterocycles. The summed E-state index contributed by atoms with van der Waals surface area (Å²) in [6.07, 6.45) is 0.470. The first-order chi connectivity index (χ1) is 11.4. The first-order valence-electron chi connectivity index (χ1n) is 7.05. The van der Waals surface area contributed by atoms with E-state index in [9.17, 15) is 9.59 Å². The Morgan fingerprint density at radius 1 is 1.04 bits per heavy atom. The van der Waals surface area contributed by atoms with Gasteiger partial charge in [-0.25, -0.2) is 9.97 Å². The van der Waals surface area contributed by atoms with Gasteiger partial charge in [0.25, 0.3) is 0 Å². The van der Waals surface area contributed by atoms with Crippen LogP contribution in [0, 0.1) is 0 Å². The number of esters is 2. The Balaban J connectivity index is 0.000000240. The largest absolute Gasteiger partial charge is 0.466 e. The molecule has 2 rings (SSSR count). The number of anilines is 1. The van der Waals surface area contributed by atoms with Crippen LogP contribution in [0.4, 0.5) is 5.13 Å². The number of nitrogens with two attached hydrogens (primary N) is 1. The van der Waals surface area contributed by atoms with E-state index in [-0.39, 0.29) is 24.8 Å². The van der Waals surface area contributed by atoms with Crippen LogP contribution in [0.25, 0.3) is 0 Å². The van der Waals surface area contributed by atoms with Crippen molar-refractivity contribution in [1.82, 2.24) is 9.97 Å². The van der Waals surface area contributed by atoms with Crippen LogP contribution in [0.5, 0.6) is 0 Å². The highest BCUT2D eigenvalue weighted by atomic mass is 79.9. The summed E-state index contributed by atoms with van der Waals surface area (Å²) in [5, 5.41) is 4.07. The van der Waals surface area contributed by atoms with Crippen molar-refractivity contribution < 1.29 is 19.1 Å². The predicted molar refractivity (Wildman–Crippen MR) is 97.0 cm³/mol. The van der Waals surface area contributed by atoms with Crippen molar-refractivity contribution in [2.45, 2.75) is 26.7 Å². The third-order valence-electron chi connectivity index (χ3n) is 2.35. The summed E-state index contributed by atoms with van der Waals surface area (Å²) in [6.45, 7) is 4.38. The molecule has 2 aromatic rings. The zero-order valence-electron chi connectivity index (χ0n) is 13.3. The number of nitrogens with zero attached hydrogens (tertiary/aromatic N) is 2. The van der Waals surface area contributed by atoms with E-state index in [1.807, 2.05) is 5.38 Å². The first kappa shape index (κ1) is 20.5. The number of carbonyl (C=O) groups is 2. The van der Waals surface area contributed by atoms with E-state index in [2.05, 4.69) is 25.9 Å². The van der Waals surface area contributed by atoms with Crippen molar-refractivity contribution >= 4 is 55.7 Å². The van der Waals surface area contributed by atoms with Crippen LogP contribution in [-0.2, 0) is 31.9 Å². The lowest BCUT2D eigenvalue weighted by Gasteiger charge is -1.97. The summed E-state index contributed by atoms with van der Waals surface area (Å²) >= 11 is 6.00. The fraction of sp³-hybridized carbons (Fsp3) is 0.429. The highest BCUT2D eigenvalue weighted by Crippen LogP contribution is 2.16. The Morgan fingerprint density at radius 2 is 1.54 bits per heavy atom. The van der Waals surface area contributed by atoms with E-state index < -0.39 is 0 Å². The molecule has 0 aliphatic rings. The minimum absolute atomic E-state index is 0.210. The van der Waals surface area contributed by atoms with E-state index in [4.69, 9.17) is 15.2 Å². The number of ether oxygens (including phenoxy) is 2. The molecule has 2 N–H and O–H groups in total. The quantitative estimate of drug-likeness (QED) is 0.695. The van der Waals surface area contributed by atoms with E-state index in [0.29, 0.717) is 24.0 Å².